The molecule has 2 bridgehead atoms. The SMILES string of the molecule is CC1Cc2c([nH]c3ccccc23)C(c2c(F)cc(/C=C/O)cc2F)N1CC12CC(F)(C1)C2. The molecule has 4 aliphatic rings. The summed E-state index contributed by atoms with van der Waals surface area (Å²) in [5.74, 6) is -1.29. The van der Waals surface area contributed by atoms with Gasteiger partial charge in [-0.25, -0.2) is 13.2 Å². The average Bonchev–Trinajstić information content (AvgIpc) is 3.06. The molecular formula is C26H25F3N2O. The number of aliphatic hydroxyl groups excluding tert-OH is 1. The van der Waals surface area contributed by atoms with Gasteiger partial charge in [0, 0.05) is 34.7 Å². The van der Waals surface area contributed by atoms with Gasteiger partial charge in [0.1, 0.15) is 17.3 Å². The highest BCUT2D eigenvalue weighted by atomic mass is 19.1. The first-order valence-corrected chi connectivity index (χ1v) is 11.2. The van der Waals surface area contributed by atoms with Gasteiger partial charge in [-0.2, -0.15) is 0 Å². The van der Waals surface area contributed by atoms with Crippen molar-refractivity contribution in [2.24, 2.45) is 5.41 Å². The number of aromatic amines is 1. The van der Waals surface area contributed by atoms with Gasteiger partial charge in [-0.1, -0.05) is 18.2 Å². The fraction of sp³-hybridized carbons (Fsp3) is 0.385. The predicted molar refractivity (Wildman–Crippen MR) is 118 cm³/mol. The van der Waals surface area contributed by atoms with E-state index in [1.165, 1.54) is 18.2 Å². The van der Waals surface area contributed by atoms with Crippen LogP contribution in [-0.2, 0) is 6.42 Å². The number of nitrogens with one attached hydrogen (secondary N) is 1. The van der Waals surface area contributed by atoms with E-state index in [0.717, 1.165) is 34.8 Å². The second-order valence-corrected chi connectivity index (χ2v) is 10.1. The highest BCUT2D eigenvalue weighted by Crippen LogP contribution is 2.70. The molecule has 2 unspecified atom stereocenters. The van der Waals surface area contributed by atoms with Crippen molar-refractivity contribution in [1.29, 1.82) is 0 Å². The number of aliphatic hydroxyl groups is 1. The Morgan fingerprint density at radius 1 is 1.16 bits per heavy atom. The predicted octanol–water partition coefficient (Wildman–Crippen LogP) is 6.20. The Morgan fingerprint density at radius 2 is 1.84 bits per heavy atom. The van der Waals surface area contributed by atoms with E-state index in [0.29, 0.717) is 25.8 Å². The minimum Gasteiger partial charge on any atom is -0.516 e. The summed E-state index contributed by atoms with van der Waals surface area (Å²) in [5, 5.41) is 10.1. The van der Waals surface area contributed by atoms with Crippen LogP contribution in [0.25, 0.3) is 17.0 Å². The summed E-state index contributed by atoms with van der Waals surface area (Å²) in [6.45, 7) is 2.71. The molecule has 0 amide bonds. The van der Waals surface area contributed by atoms with Crippen molar-refractivity contribution in [2.75, 3.05) is 6.54 Å². The summed E-state index contributed by atoms with van der Waals surface area (Å²) < 4.78 is 45.1. The molecular weight excluding hydrogens is 413 g/mol. The molecule has 3 aliphatic carbocycles. The Morgan fingerprint density at radius 3 is 2.50 bits per heavy atom. The molecule has 7 rings (SSSR count). The lowest BCUT2D eigenvalue weighted by Crippen LogP contribution is -2.68. The number of para-hydroxylation sites is 1. The van der Waals surface area contributed by atoms with Crippen LogP contribution in [0.5, 0.6) is 0 Å². The first-order chi connectivity index (χ1) is 15.3. The molecule has 3 saturated carbocycles. The van der Waals surface area contributed by atoms with Crippen LogP contribution in [0.4, 0.5) is 13.2 Å². The third-order valence-electron chi connectivity index (χ3n) is 7.75. The van der Waals surface area contributed by atoms with E-state index in [1.807, 2.05) is 24.3 Å². The highest BCUT2D eigenvalue weighted by molar-refractivity contribution is 5.85. The van der Waals surface area contributed by atoms with Gasteiger partial charge in [0.2, 0.25) is 0 Å². The summed E-state index contributed by atoms with van der Waals surface area (Å²) in [4.78, 5) is 5.61. The molecule has 2 atom stereocenters. The number of hydrogen-bond acceptors (Lipinski definition) is 2. The first kappa shape index (κ1) is 19.9. The number of benzene rings is 2. The molecule has 3 aromatic rings. The number of aromatic nitrogens is 1. The van der Waals surface area contributed by atoms with Gasteiger partial charge in [0.15, 0.2) is 0 Å². The van der Waals surface area contributed by atoms with Crippen molar-refractivity contribution >= 4 is 17.0 Å². The van der Waals surface area contributed by atoms with Crippen LogP contribution in [0.15, 0.2) is 42.7 Å². The molecule has 2 aromatic carbocycles. The Hall–Kier alpha value is -2.73. The Kier molecular flexibility index (Phi) is 4.13. The van der Waals surface area contributed by atoms with E-state index < -0.39 is 23.3 Å². The van der Waals surface area contributed by atoms with Gasteiger partial charge in [-0.3, -0.25) is 4.90 Å². The minimum atomic E-state index is -1.02. The standard InChI is InChI=1S/C26H25F3N2O/c1-15-8-18-17-4-2-3-5-21(17)30-23(18)24(31(15)14-25-11-26(29,12-25)13-25)22-19(27)9-16(6-7-32)10-20(22)28/h2-7,9-10,15,24,30,32H,8,11-14H2,1H3/b7-6+. The van der Waals surface area contributed by atoms with E-state index in [9.17, 15) is 4.39 Å². The lowest BCUT2D eigenvalue weighted by atomic mass is 9.42. The first-order valence-electron chi connectivity index (χ1n) is 11.2. The van der Waals surface area contributed by atoms with Crippen molar-refractivity contribution in [3.63, 3.8) is 0 Å². The molecule has 1 aromatic heterocycles. The van der Waals surface area contributed by atoms with Crippen molar-refractivity contribution < 1.29 is 18.3 Å². The summed E-state index contributed by atoms with van der Waals surface area (Å²) in [6, 6.07) is 9.87. The molecule has 1 aliphatic heterocycles. The highest BCUT2D eigenvalue weighted by Gasteiger charge is 2.69. The number of halogens is 3. The molecule has 3 nitrogen and oxygen atoms in total. The lowest BCUT2D eigenvalue weighted by Gasteiger charge is -2.67. The maximum Gasteiger partial charge on any atom is 0.131 e. The van der Waals surface area contributed by atoms with E-state index >= 15 is 8.78 Å². The van der Waals surface area contributed by atoms with Gasteiger partial charge in [-0.05, 0) is 73.4 Å². The summed E-state index contributed by atoms with van der Waals surface area (Å²) in [7, 11) is 0. The van der Waals surface area contributed by atoms with Crippen LogP contribution in [0.3, 0.4) is 0 Å². The molecule has 0 saturated heterocycles. The Labute approximate surface area is 184 Å². The topological polar surface area (TPSA) is 39.3 Å². The van der Waals surface area contributed by atoms with Gasteiger partial charge >= 0.3 is 0 Å². The number of nitrogens with zero attached hydrogens (tertiary/aromatic N) is 1. The van der Waals surface area contributed by atoms with E-state index in [4.69, 9.17) is 5.11 Å². The monoisotopic (exact) mass is 438 g/mol. The second kappa shape index (κ2) is 6.64. The lowest BCUT2D eigenvalue weighted by molar-refractivity contribution is -0.226. The summed E-state index contributed by atoms with van der Waals surface area (Å²) >= 11 is 0. The molecule has 2 N–H and O–H groups in total. The molecule has 166 valence electrons. The normalized spacial score (nSPS) is 31.5. The average molecular weight is 438 g/mol. The zero-order valence-electron chi connectivity index (χ0n) is 17.8. The number of H-pyrrole nitrogens is 1. The number of rotatable bonds is 4. The van der Waals surface area contributed by atoms with E-state index in [1.54, 1.807) is 0 Å². The summed E-state index contributed by atoms with van der Waals surface area (Å²) in [5.41, 5.74) is 2.01. The van der Waals surface area contributed by atoms with Gasteiger partial charge in [0.25, 0.3) is 0 Å². The molecule has 0 spiro atoms. The number of alkyl halides is 1. The van der Waals surface area contributed by atoms with Gasteiger partial charge in [-0.15, -0.1) is 0 Å². The van der Waals surface area contributed by atoms with Crippen LogP contribution in [0.2, 0.25) is 0 Å². The zero-order chi connectivity index (χ0) is 22.3. The van der Waals surface area contributed by atoms with Crippen LogP contribution < -0.4 is 0 Å². The van der Waals surface area contributed by atoms with Crippen molar-refractivity contribution in [2.45, 2.75) is 50.4 Å². The Balaban J connectivity index is 1.51. The van der Waals surface area contributed by atoms with Crippen LogP contribution in [0, 0.1) is 17.0 Å². The van der Waals surface area contributed by atoms with Crippen LogP contribution >= 0.6 is 0 Å². The summed E-state index contributed by atoms with van der Waals surface area (Å²) in [6.07, 6.45) is 4.42. The fourth-order valence-electron chi connectivity index (χ4n) is 6.53. The Bertz CT molecular complexity index is 1220. The van der Waals surface area contributed by atoms with E-state index in [-0.39, 0.29) is 22.6 Å². The number of hydrogen-bond donors (Lipinski definition) is 2. The van der Waals surface area contributed by atoms with Crippen molar-refractivity contribution in [3.05, 3.63) is 76.7 Å². The molecule has 0 radical (unpaired) electrons. The molecule has 32 heavy (non-hydrogen) atoms. The van der Waals surface area contributed by atoms with Gasteiger partial charge < -0.3 is 10.1 Å². The van der Waals surface area contributed by atoms with Crippen LogP contribution in [-0.4, -0.2) is 33.2 Å². The second-order valence-electron chi connectivity index (χ2n) is 10.1. The van der Waals surface area contributed by atoms with Gasteiger partial charge in [0.05, 0.1) is 12.3 Å². The van der Waals surface area contributed by atoms with Crippen molar-refractivity contribution in [1.82, 2.24) is 9.88 Å². The quantitative estimate of drug-likeness (QED) is 0.476. The maximum absolute atomic E-state index is 15.4. The molecule has 2 heterocycles. The van der Waals surface area contributed by atoms with Crippen molar-refractivity contribution in [3.8, 4) is 0 Å². The molecule has 6 heteroatoms. The third-order valence-corrected chi connectivity index (χ3v) is 7.75. The zero-order valence-corrected chi connectivity index (χ0v) is 17.8. The molecule has 3 fully saturated rings. The maximum atomic E-state index is 15.4. The number of fused-ring (bicyclic) bond motifs is 3. The minimum absolute atomic E-state index is 0.000930. The smallest absolute Gasteiger partial charge is 0.131 e. The largest absolute Gasteiger partial charge is 0.516 e. The third kappa shape index (κ3) is 2.78. The fourth-order valence-corrected chi connectivity index (χ4v) is 6.53. The van der Waals surface area contributed by atoms with Crippen LogP contribution in [0.1, 0.15) is 54.6 Å². The van der Waals surface area contributed by atoms with E-state index in [2.05, 4.69) is 16.8 Å².